The number of non-ortho nitro benzene ring substituents is 1. The number of benzene rings is 2. The molecule has 0 saturated heterocycles. The Bertz CT molecular complexity index is 738. The minimum atomic E-state index is -0.406. The van der Waals surface area contributed by atoms with Crippen LogP contribution in [0.5, 0.6) is 0 Å². The van der Waals surface area contributed by atoms with Gasteiger partial charge in [0, 0.05) is 30.2 Å². The number of nitro benzene ring substituents is 1. The fraction of sp³-hybridized carbons (Fsp3) is 0.235. The molecular formula is C17H20BrIN4O2. The summed E-state index contributed by atoms with van der Waals surface area (Å²) in [4.78, 5) is 14.5. The molecule has 25 heavy (non-hydrogen) atoms. The van der Waals surface area contributed by atoms with Crippen molar-refractivity contribution in [2.24, 2.45) is 4.99 Å². The molecule has 0 aliphatic carbocycles. The Balaban J connectivity index is 0.00000312. The number of nitro groups is 1. The Morgan fingerprint density at radius 2 is 1.88 bits per heavy atom. The lowest BCUT2D eigenvalue weighted by molar-refractivity contribution is -0.384. The summed E-state index contributed by atoms with van der Waals surface area (Å²) < 4.78 is 1.04. The summed E-state index contributed by atoms with van der Waals surface area (Å²) in [5, 5.41) is 17.2. The van der Waals surface area contributed by atoms with Gasteiger partial charge in [0.2, 0.25) is 0 Å². The maximum atomic E-state index is 10.7. The number of nitrogens with one attached hydrogen (secondary N) is 2. The largest absolute Gasteiger partial charge is 0.352 e. The molecule has 0 saturated carbocycles. The van der Waals surface area contributed by atoms with Gasteiger partial charge in [0.25, 0.3) is 5.69 Å². The highest BCUT2D eigenvalue weighted by Crippen LogP contribution is 2.22. The first-order chi connectivity index (χ1) is 11.5. The lowest BCUT2D eigenvalue weighted by atomic mass is 10.1. The molecule has 0 fully saturated rings. The fourth-order valence-corrected chi connectivity index (χ4v) is 2.85. The van der Waals surface area contributed by atoms with Crippen LogP contribution in [0.25, 0.3) is 0 Å². The maximum Gasteiger partial charge on any atom is 0.269 e. The highest BCUT2D eigenvalue weighted by Gasteiger charge is 2.10. The van der Waals surface area contributed by atoms with E-state index in [9.17, 15) is 10.1 Å². The van der Waals surface area contributed by atoms with Crippen LogP contribution in [0.4, 0.5) is 5.69 Å². The van der Waals surface area contributed by atoms with Crippen LogP contribution < -0.4 is 10.6 Å². The molecule has 1 atom stereocenters. The van der Waals surface area contributed by atoms with Crippen LogP contribution in [0.15, 0.2) is 58.0 Å². The van der Waals surface area contributed by atoms with E-state index in [4.69, 9.17) is 0 Å². The number of nitrogens with zero attached hydrogens (tertiary/aromatic N) is 2. The van der Waals surface area contributed by atoms with E-state index in [1.165, 1.54) is 12.1 Å². The molecule has 8 heteroatoms. The Morgan fingerprint density at radius 3 is 2.44 bits per heavy atom. The van der Waals surface area contributed by atoms with Crippen molar-refractivity contribution < 1.29 is 4.92 Å². The molecule has 2 N–H and O–H groups in total. The topological polar surface area (TPSA) is 79.6 Å². The van der Waals surface area contributed by atoms with Gasteiger partial charge in [-0.1, -0.05) is 46.3 Å². The van der Waals surface area contributed by atoms with E-state index in [0.717, 1.165) is 15.6 Å². The van der Waals surface area contributed by atoms with Crippen LogP contribution in [0.3, 0.4) is 0 Å². The average Bonchev–Trinajstić information content (AvgIpc) is 2.59. The predicted octanol–water partition coefficient (Wildman–Crippen LogP) is 4.40. The number of aliphatic imine (C=N–C) groups is 1. The second-order valence-corrected chi connectivity index (χ2v) is 6.09. The molecule has 0 aliphatic heterocycles. The molecule has 2 aromatic carbocycles. The van der Waals surface area contributed by atoms with Gasteiger partial charge in [-0.05, 0) is 24.1 Å². The number of halogens is 2. The molecule has 0 aliphatic rings. The summed E-state index contributed by atoms with van der Waals surface area (Å²) in [6.07, 6.45) is 0. The van der Waals surface area contributed by atoms with Gasteiger partial charge in [-0.3, -0.25) is 15.1 Å². The number of rotatable bonds is 5. The molecule has 0 spiro atoms. The van der Waals surface area contributed by atoms with Crippen molar-refractivity contribution in [3.05, 3.63) is 74.2 Å². The van der Waals surface area contributed by atoms with Gasteiger partial charge in [-0.15, -0.1) is 24.0 Å². The lowest BCUT2D eigenvalue weighted by Gasteiger charge is -2.19. The molecule has 2 rings (SSSR count). The summed E-state index contributed by atoms with van der Waals surface area (Å²) in [6, 6.07) is 14.5. The lowest BCUT2D eigenvalue weighted by Crippen LogP contribution is -2.38. The predicted molar refractivity (Wildman–Crippen MR) is 114 cm³/mol. The summed E-state index contributed by atoms with van der Waals surface area (Å²) in [5.74, 6) is 0.664. The Morgan fingerprint density at radius 1 is 1.24 bits per heavy atom. The van der Waals surface area contributed by atoms with Crippen LogP contribution in [0, 0.1) is 10.1 Å². The highest BCUT2D eigenvalue weighted by atomic mass is 127. The smallest absolute Gasteiger partial charge is 0.269 e. The SMILES string of the molecule is CN=C(NCc1ccc([N+](=O)[O-])cc1)NC(C)c1ccccc1Br.I. The summed E-state index contributed by atoms with van der Waals surface area (Å²) >= 11 is 3.55. The normalized spacial score (nSPS) is 12.0. The van der Waals surface area contributed by atoms with Gasteiger partial charge < -0.3 is 10.6 Å². The average molecular weight is 519 g/mol. The molecule has 0 aromatic heterocycles. The van der Waals surface area contributed by atoms with E-state index in [-0.39, 0.29) is 35.7 Å². The fourth-order valence-electron chi connectivity index (χ4n) is 2.23. The quantitative estimate of drug-likeness (QED) is 0.202. The Hall–Kier alpha value is -1.68. The standard InChI is InChI=1S/C17H19BrN4O2.HI/c1-12(15-5-3-4-6-16(15)18)21-17(19-2)20-11-13-7-9-14(10-8-13)22(23)24;/h3-10,12H,11H2,1-2H3,(H2,19,20,21);1H. The van der Waals surface area contributed by atoms with Gasteiger partial charge >= 0.3 is 0 Å². The monoisotopic (exact) mass is 518 g/mol. The summed E-state index contributed by atoms with van der Waals surface area (Å²) in [7, 11) is 1.71. The first kappa shape index (κ1) is 21.4. The molecule has 6 nitrogen and oxygen atoms in total. The van der Waals surface area contributed by atoms with E-state index >= 15 is 0 Å². The molecule has 0 heterocycles. The molecular weight excluding hydrogens is 499 g/mol. The number of hydrogen-bond acceptors (Lipinski definition) is 3. The van der Waals surface area contributed by atoms with Crippen LogP contribution in [0.1, 0.15) is 24.1 Å². The van der Waals surface area contributed by atoms with Crippen LogP contribution in [-0.4, -0.2) is 17.9 Å². The first-order valence-corrected chi connectivity index (χ1v) is 8.25. The molecule has 134 valence electrons. The third-order valence-corrected chi connectivity index (χ3v) is 4.28. The van der Waals surface area contributed by atoms with Gasteiger partial charge in [0.05, 0.1) is 11.0 Å². The molecule has 0 radical (unpaired) electrons. The third-order valence-electron chi connectivity index (χ3n) is 3.56. The van der Waals surface area contributed by atoms with Crippen molar-refractivity contribution in [2.75, 3.05) is 7.05 Å². The minimum absolute atomic E-state index is 0. The van der Waals surface area contributed by atoms with Crippen molar-refractivity contribution in [2.45, 2.75) is 19.5 Å². The zero-order valence-corrected chi connectivity index (χ0v) is 17.8. The van der Waals surface area contributed by atoms with Gasteiger partial charge in [0.15, 0.2) is 5.96 Å². The Kier molecular flexibility index (Phi) is 8.84. The Labute approximate surface area is 172 Å². The van der Waals surface area contributed by atoms with E-state index < -0.39 is 4.92 Å². The van der Waals surface area contributed by atoms with Gasteiger partial charge in [-0.2, -0.15) is 0 Å². The van der Waals surface area contributed by atoms with Gasteiger partial charge in [-0.25, -0.2) is 0 Å². The molecule has 1 unspecified atom stereocenters. The van der Waals surface area contributed by atoms with E-state index in [0.29, 0.717) is 12.5 Å². The summed E-state index contributed by atoms with van der Waals surface area (Å²) in [6.45, 7) is 2.58. The first-order valence-electron chi connectivity index (χ1n) is 7.46. The van der Waals surface area contributed by atoms with Crippen molar-refractivity contribution in [3.8, 4) is 0 Å². The molecule has 2 aromatic rings. The highest BCUT2D eigenvalue weighted by molar-refractivity contribution is 14.0. The second-order valence-electron chi connectivity index (χ2n) is 5.24. The molecule has 0 amide bonds. The molecule has 0 bridgehead atoms. The van der Waals surface area contributed by atoms with E-state index in [1.54, 1.807) is 19.2 Å². The van der Waals surface area contributed by atoms with E-state index in [2.05, 4.69) is 38.5 Å². The zero-order valence-electron chi connectivity index (χ0n) is 13.9. The van der Waals surface area contributed by atoms with Crippen LogP contribution in [-0.2, 0) is 6.54 Å². The number of guanidine groups is 1. The van der Waals surface area contributed by atoms with Crippen molar-refractivity contribution in [1.82, 2.24) is 10.6 Å². The number of hydrogen-bond donors (Lipinski definition) is 2. The second kappa shape index (κ2) is 10.3. The van der Waals surface area contributed by atoms with E-state index in [1.807, 2.05) is 24.3 Å². The van der Waals surface area contributed by atoms with Crippen LogP contribution >= 0.6 is 39.9 Å². The zero-order chi connectivity index (χ0) is 17.5. The van der Waals surface area contributed by atoms with Crippen molar-refractivity contribution >= 4 is 51.6 Å². The third kappa shape index (κ3) is 6.28. The van der Waals surface area contributed by atoms with Crippen molar-refractivity contribution in [3.63, 3.8) is 0 Å². The summed E-state index contributed by atoms with van der Waals surface area (Å²) in [5.41, 5.74) is 2.16. The maximum absolute atomic E-state index is 10.7. The van der Waals surface area contributed by atoms with Gasteiger partial charge in [0.1, 0.15) is 0 Å². The van der Waals surface area contributed by atoms with Crippen molar-refractivity contribution in [1.29, 1.82) is 0 Å². The minimum Gasteiger partial charge on any atom is -0.352 e. The van der Waals surface area contributed by atoms with Crippen LogP contribution in [0.2, 0.25) is 0 Å².